The first-order valence-corrected chi connectivity index (χ1v) is 19.6. The van der Waals surface area contributed by atoms with E-state index in [1.165, 1.54) is 5.56 Å². The number of hydrogen-bond donors (Lipinski definition) is 4. The van der Waals surface area contributed by atoms with Gasteiger partial charge in [0, 0.05) is 18.8 Å². The molecule has 4 aromatic carbocycles. The van der Waals surface area contributed by atoms with Crippen LogP contribution in [0, 0.1) is 11.6 Å². The zero-order chi connectivity index (χ0) is 35.5. The summed E-state index contributed by atoms with van der Waals surface area (Å²) in [6, 6.07) is 26.8. The maximum atomic E-state index is 16.4. The molecule has 0 bridgehead atoms. The average Bonchev–Trinajstić information content (AvgIpc) is 4.03. The molecule has 4 N–H and O–H groups in total. The van der Waals surface area contributed by atoms with Crippen molar-refractivity contribution in [3.05, 3.63) is 119 Å². The van der Waals surface area contributed by atoms with Crippen molar-refractivity contribution in [1.82, 2.24) is 30.6 Å². The molecule has 6 heterocycles. The number of fused-ring (bicyclic) bond motifs is 2. The van der Waals surface area contributed by atoms with Crippen molar-refractivity contribution >= 4 is 33.4 Å². The monoisotopic (exact) mass is 712 g/mol. The zero-order valence-corrected chi connectivity index (χ0v) is 29.9. The van der Waals surface area contributed by atoms with E-state index in [0.29, 0.717) is 24.7 Å². The highest BCUT2D eigenvalue weighted by atomic mass is 19.1. The Hall–Kier alpha value is -4.80. The van der Waals surface area contributed by atoms with E-state index in [2.05, 4.69) is 86.2 Å². The Kier molecular flexibility index (Phi) is 8.40. The number of hydrogen-bond acceptors (Lipinski definition) is 6. The number of halogens is 2. The summed E-state index contributed by atoms with van der Waals surface area (Å²) in [6.45, 7) is 3.25. The van der Waals surface area contributed by atoms with Gasteiger partial charge in [0.05, 0.1) is 46.2 Å². The number of imidazole rings is 2. The van der Waals surface area contributed by atoms with E-state index in [9.17, 15) is 0 Å². The number of aromatic amines is 2. The Morgan fingerprint density at radius 2 is 1.13 bits per heavy atom. The number of aromatic nitrogens is 4. The largest absolute Gasteiger partial charge is 0.367 e. The summed E-state index contributed by atoms with van der Waals surface area (Å²) in [5, 5.41) is 7.09. The molecule has 0 aliphatic carbocycles. The molecule has 0 unspecified atom stereocenters. The van der Waals surface area contributed by atoms with Crippen molar-refractivity contribution in [3.63, 3.8) is 0 Å². The summed E-state index contributed by atoms with van der Waals surface area (Å²) in [7, 11) is 0. The molecule has 6 aromatic rings. The fourth-order valence-electron chi connectivity index (χ4n) is 9.66. The molecule has 0 amide bonds. The molecule has 0 radical (unpaired) electrons. The van der Waals surface area contributed by atoms with Crippen molar-refractivity contribution in [2.24, 2.45) is 0 Å². The summed E-state index contributed by atoms with van der Waals surface area (Å²) in [5.74, 6) is 1.35. The van der Waals surface area contributed by atoms with Gasteiger partial charge in [0.1, 0.15) is 17.3 Å². The van der Waals surface area contributed by atoms with E-state index in [1.807, 2.05) is 11.0 Å². The number of piperidine rings is 1. The minimum atomic E-state index is -0.502. The topological polar surface area (TPSA) is 87.9 Å². The van der Waals surface area contributed by atoms with Crippen LogP contribution < -0.4 is 20.4 Å². The van der Waals surface area contributed by atoms with Crippen molar-refractivity contribution < 1.29 is 8.78 Å². The lowest BCUT2D eigenvalue weighted by molar-refractivity contribution is 0.486. The van der Waals surface area contributed by atoms with Crippen LogP contribution in [-0.2, 0) is 0 Å². The third-order valence-electron chi connectivity index (χ3n) is 12.4. The molecule has 10 rings (SSSR count). The number of nitrogens with zero attached hydrogens (tertiary/aromatic N) is 4. The molecule has 0 saturated carbocycles. The maximum Gasteiger partial charge on any atom is 0.151 e. The fourth-order valence-corrected chi connectivity index (χ4v) is 9.66. The highest BCUT2D eigenvalue weighted by molar-refractivity contribution is 5.78. The highest BCUT2D eigenvalue weighted by Gasteiger charge is 2.38. The second kappa shape index (κ2) is 13.6. The Balaban J connectivity index is 0.994. The number of nitrogens with one attached hydrogen (secondary N) is 4. The standard InChI is InChI=1S/C43H46F2N8/c44-31-24-30(25-32(45)41(31)52-20-16-27(17-21-52)26-6-2-1-3-7-26)53-39(28-10-12-33-37(22-28)50-42(48-33)35-8-4-18-46-35)14-15-40(53)29-11-13-34-38(23-29)51-43(49-34)36-9-5-19-47-36/h1-3,6-7,10-13,22-25,27,35-36,39-40,46-47H,4-5,8-9,14-21H2,(H,48,50)(H,49,51)/t35-,36-,39-,40-/m0/s1. The first kappa shape index (κ1) is 32.8. The normalized spacial score (nSPS) is 24.0. The van der Waals surface area contributed by atoms with E-state index in [-0.39, 0.29) is 29.9 Å². The molecule has 4 fully saturated rings. The Morgan fingerprint density at radius 1 is 0.585 bits per heavy atom. The maximum absolute atomic E-state index is 16.4. The Bertz CT molecular complexity index is 2120. The fraction of sp³-hybridized carbons (Fsp3) is 0.395. The summed E-state index contributed by atoms with van der Waals surface area (Å²) in [4.78, 5) is 21.2. The molecule has 4 saturated heterocycles. The lowest BCUT2D eigenvalue weighted by atomic mass is 9.89. The quantitative estimate of drug-likeness (QED) is 0.132. The van der Waals surface area contributed by atoms with Gasteiger partial charge in [-0.15, -0.1) is 0 Å². The molecule has 2 aromatic heterocycles. The van der Waals surface area contributed by atoms with Gasteiger partial charge in [-0.25, -0.2) is 18.7 Å². The second-order valence-corrected chi connectivity index (χ2v) is 15.5. The SMILES string of the molecule is Fc1cc(N2[C@H](c3ccc4nc([C@@H]5CCCN5)[nH]c4c3)CC[C@H]2c2ccc3nc([C@@H]4CCCN4)[nH]c3c2)cc(F)c1N1CCC(c2ccccc2)CC1. The number of rotatable bonds is 7. The van der Waals surface area contributed by atoms with Crippen LogP contribution in [0.5, 0.6) is 0 Å². The summed E-state index contributed by atoms with van der Waals surface area (Å²) >= 11 is 0. The third kappa shape index (κ3) is 6.05. The van der Waals surface area contributed by atoms with Gasteiger partial charge in [0.25, 0.3) is 0 Å². The average molecular weight is 713 g/mol. The van der Waals surface area contributed by atoms with Crippen LogP contribution in [-0.4, -0.2) is 46.1 Å². The molecule has 53 heavy (non-hydrogen) atoms. The van der Waals surface area contributed by atoms with Gasteiger partial charge in [-0.3, -0.25) is 0 Å². The predicted molar refractivity (Wildman–Crippen MR) is 206 cm³/mol. The molecule has 272 valence electrons. The van der Waals surface area contributed by atoms with Crippen molar-refractivity contribution in [3.8, 4) is 0 Å². The van der Waals surface area contributed by atoms with Crippen molar-refractivity contribution in [2.75, 3.05) is 36.0 Å². The van der Waals surface area contributed by atoms with Crippen LogP contribution >= 0.6 is 0 Å². The number of benzene rings is 4. The molecule has 10 heteroatoms. The lowest BCUT2D eigenvalue weighted by Gasteiger charge is -2.36. The van der Waals surface area contributed by atoms with Gasteiger partial charge < -0.3 is 30.4 Å². The van der Waals surface area contributed by atoms with Gasteiger partial charge in [-0.05, 0) is 123 Å². The first-order chi connectivity index (χ1) is 26.1. The van der Waals surface area contributed by atoms with Gasteiger partial charge in [0.15, 0.2) is 11.6 Å². The predicted octanol–water partition coefficient (Wildman–Crippen LogP) is 9.03. The molecular weight excluding hydrogens is 667 g/mol. The smallest absolute Gasteiger partial charge is 0.151 e. The molecule has 4 aliphatic heterocycles. The third-order valence-corrected chi connectivity index (χ3v) is 12.4. The number of H-pyrrole nitrogens is 2. The summed E-state index contributed by atoms with van der Waals surface area (Å²) in [6.07, 6.45) is 7.85. The van der Waals surface area contributed by atoms with Crippen LogP contribution in [0.15, 0.2) is 78.9 Å². The van der Waals surface area contributed by atoms with Crippen LogP contribution in [0.4, 0.5) is 20.2 Å². The van der Waals surface area contributed by atoms with E-state index in [4.69, 9.17) is 9.97 Å². The molecule has 0 spiro atoms. The van der Waals surface area contributed by atoms with E-state index in [1.54, 1.807) is 12.1 Å². The van der Waals surface area contributed by atoms with Gasteiger partial charge >= 0.3 is 0 Å². The van der Waals surface area contributed by atoms with Crippen LogP contribution in [0.2, 0.25) is 0 Å². The van der Waals surface area contributed by atoms with Crippen LogP contribution in [0.25, 0.3) is 22.1 Å². The van der Waals surface area contributed by atoms with E-state index < -0.39 is 11.6 Å². The van der Waals surface area contributed by atoms with E-state index in [0.717, 1.165) is 109 Å². The summed E-state index contributed by atoms with van der Waals surface area (Å²) in [5.41, 5.74) is 8.04. The summed E-state index contributed by atoms with van der Waals surface area (Å²) < 4.78 is 32.8. The van der Waals surface area contributed by atoms with Crippen molar-refractivity contribution in [1.29, 1.82) is 0 Å². The van der Waals surface area contributed by atoms with Gasteiger partial charge in [-0.2, -0.15) is 0 Å². The van der Waals surface area contributed by atoms with Crippen molar-refractivity contribution in [2.45, 2.75) is 81.5 Å². The van der Waals surface area contributed by atoms with Crippen LogP contribution in [0.1, 0.15) is 110 Å². The molecule has 8 nitrogen and oxygen atoms in total. The Morgan fingerprint density at radius 3 is 1.64 bits per heavy atom. The minimum Gasteiger partial charge on any atom is -0.367 e. The second-order valence-electron chi connectivity index (χ2n) is 15.5. The highest BCUT2D eigenvalue weighted by Crippen LogP contribution is 2.49. The molecular formula is C43H46F2N8. The van der Waals surface area contributed by atoms with Crippen LogP contribution in [0.3, 0.4) is 0 Å². The zero-order valence-electron chi connectivity index (χ0n) is 29.9. The Labute approximate surface area is 308 Å². The van der Waals surface area contributed by atoms with Gasteiger partial charge in [-0.1, -0.05) is 42.5 Å². The van der Waals surface area contributed by atoms with E-state index >= 15 is 8.78 Å². The van der Waals surface area contributed by atoms with Gasteiger partial charge in [0.2, 0.25) is 0 Å². The minimum absolute atomic E-state index is 0.0808. The first-order valence-electron chi connectivity index (χ1n) is 19.6. The number of anilines is 2. The lowest BCUT2D eigenvalue weighted by Crippen LogP contribution is -2.34. The molecule has 4 atom stereocenters. The molecule has 4 aliphatic rings.